The lowest BCUT2D eigenvalue weighted by atomic mass is 9.48. The summed E-state index contributed by atoms with van der Waals surface area (Å²) in [6.45, 7) is -1.20. The first-order chi connectivity index (χ1) is 11.3. The average Bonchev–Trinajstić information content (AvgIpc) is 2.46. The number of rotatable bonds is 4. The molecule has 0 aromatic carbocycles. The molecule has 4 aliphatic carbocycles. The van der Waals surface area contributed by atoms with E-state index < -0.39 is 45.1 Å². The minimum Gasteiger partial charge on any atom is -0.463 e. The van der Waals surface area contributed by atoms with Crippen molar-refractivity contribution in [1.82, 2.24) is 0 Å². The summed E-state index contributed by atoms with van der Waals surface area (Å²) in [5.41, 5.74) is -0.957. The Morgan fingerprint density at radius 1 is 1.20 bits per heavy atom. The van der Waals surface area contributed by atoms with Crippen LogP contribution in [0.5, 0.6) is 0 Å². The van der Waals surface area contributed by atoms with Crippen molar-refractivity contribution in [1.29, 1.82) is 0 Å². The maximum atomic E-state index is 13.1. The second-order valence-electron chi connectivity index (χ2n) is 8.02. The van der Waals surface area contributed by atoms with Gasteiger partial charge in [0.25, 0.3) is 10.1 Å². The maximum Gasteiger partial charge on any atom is 0.413 e. The molecule has 0 saturated heterocycles. The molecular formula is C15H21F3O6S. The summed E-state index contributed by atoms with van der Waals surface area (Å²) in [5, 5.41) is 10.2. The molecule has 2 N–H and O–H groups in total. The van der Waals surface area contributed by atoms with Crippen LogP contribution in [0.2, 0.25) is 0 Å². The van der Waals surface area contributed by atoms with Gasteiger partial charge in [0.1, 0.15) is 6.61 Å². The van der Waals surface area contributed by atoms with Gasteiger partial charge in [-0.2, -0.15) is 21.6 Å². The highest BCUT2D eigenvalue weighted by atomic mass is 32.2. The molecule has 144 valence electrons. The van der Waals surface area contributed by atoms with Crippen LogP contribution in [0.1, 0.15) is 39.0 Å². The van der Waals surface area contributed by atoms with Gasteiger partial charge < -0.3 is 9.84 Å². The normalized spacial score (nSPS) is 39.9. The topological polar surface area (TPSA) is 101 Å². The summed E-state index contributed by atoms with van der Waals surface area (Å²) in [6.07, 6.45) is -3.05. The van der Waals surface area contributed by atoms with Gasteiger partial charge in [0.2, 0.25) is 4.75 Å². The number of esters is 1. The lowest BCUT2D eigenvalue weighted by Gasteiger charge is -2.57. The van der Waals surface area contributed by atoms with Crippen LogP contribution in [-0.2, 0) is 19.6 Å². The Kier molecular flexibility index (Phi) is 4.21. The van der Waals surface area contributed by atoms with E-state index in [0.717, 1.165) is 12.8 Å². The summed E-state index contributed by atoms with van der Waals surface area (Å²) in [4.78, 5) is 12.6. The molecule has 3 unspecified atom stereocenters. The molecule has 10 heteroatoms. The van der Waals surface area contributed by atoms with E-state index in [4.69, 9.17) is 9.29 Å². The number of carbonyl (C=O) groups is 1. The first-order valence-corrected chi connectivity index (χ1v) is 9.62. The van der Waals surface area contributed by atoms with E-state index in [9.17, 15) is 31.5 Å². The zero-order valence-electron chi connectivity index (χ0n) is 13.6. The molecule has 0 spiro atoms. The second-order valence-corrected chi connectivity index (χ2v) is 9.87. The van der Waals surface area contributed by atoms with Gasteiger partial charge in [-0.3, -0.25) is 9.35 Å². The van der Waals surface area contributed by atoms with Gasteiger partial charge in [0, 0.05) is 0 Å². The molecule has 0 aromatic heterocycles. The van der Waals surface area contributed by atoms with Crippen molar-refractivity contribution in [3.05, 3.63) is 0 Å². The number of hydrogen-bond acceptors (Lipinski definition) is 5. The summed E-state index contributed by atoms with van der Waals surface area (Å²) in [6, 6.07) is 0. The lowest BCUT2D eigenvalue weighted by Crippen LogP contribution is -2.58. The van der Waals surface area contributed by atoms with Gasteiger partial charge in [0.05, 0.1) is 11.5 Å². The van der Waals surface area contributed by atoms with Crippen molar-refractivity contribution >= 4 is 16.1 Å². The van der Waals surface area contributed by atoms with Crippen LogP contribution in [0.4, 0.5) is 13.2 Å². The quantitative estimate of drug-likeness (QED) is 0.566. The van der Waals surface area contributed by atoms with Crippen molar-refractivity contribution < 1.29 is 40.8 Å². The fourth-order valence-electron chi connectivity index (χ4n) is 4.91. The number of ether oxygens (including phenoxy) is 1. The van der Waals surface area contributed by atoms with Crippen molar-refractivity contribution in [2.24, 2.45) is 23.2 Å². The monoisotopic (exact) mass is 386 g/mol. The van der Waals surface area contributed by atoms with Gasteiger partial charge >= 0.3 is 12.1 Å². The first-order valence-electron chi connectivity index (χ1n) is 8.18. The molecule has 4 aliphatic rings. The lowest BCUT2D eigenvalue weighted by molar-refractivity contribution is -0.196. The summed E-state index contributed by atoms with van der Waals surface area (Å²) < 4.78 is 71.9. The molecule has 6 nitrogen and oxygen atoms in total. The van der Waals surface area contributed by atoms with Crippen molar-refractivity contribution in [2.45, 2.75) is 56.1 Å². The number of aliphatic hydroxyl groups is 1. The summed E-state index contributed by atoms with van der Waals surface area (Å²) in [5.74, 6) is -0.786. The largest absolute Gasteiger partial charge is 0.463 e. The molecule has 0 aliphatic heterocycles. The molecule has 4 rings (SSSR count). The van der Waals surface area contributed by atoms with Crippen LogP contribution in [0.25, 0.3) is 0 Å². The molecule has 0 heterocycles. The predicted octanol–water partition coefficient (Wildman–Crippen LogP) is 1.93. The number of halogens is 3. The zero-order chi connectivity index (χ0) is 18.8. The molecule has 0 amide bonds. The van der Waals surface area contributed by atoms with Crippen molar-refractivity contribution in [3.63, 3.8) is 0 Å². The van der Waals surface area contributed by atoms with Crippen LogP contribution < -0.4 is 0 Å². The third-order valence-electron chi connectivity index (χ3n) is 6.30. The van der Waals surface area contributed by atoms with E-state index >= 15 is 0 Å². The maximum absolute atomic E-state index is 13.1. The Morgan fingerprint density at radius 2 is 1.72 bits per heavy atom. The third kappa shape index (κ3) is 2.86. The number of alkyl halides is 3. The third-order valence-corrected chi connectivity index (χ3v) is 7.79. The fraction of sp³-hybridized carbons (Fsp3) is 0.933. The van der Waals surface area contributed by atoms with Crippen LogP contribution in [-0.4, -0.2) is 47.7 Å². The highest BCUT2D eigenvalue weighted by molar-refractivity contribution is 7.87. The fourth-order valence-corrected chi connectivity index (χ4v) is 5.41. The molecule has 4 fully saturated rings. The van der Waals surface area contributed by atoms with Gasteiger partial charge in [-0.25, -0.2) is 0 Å². The van der Waals surface area contributed by atoms with Crippen LogP contribution in [0.15, 0.2) is 0 Å². The molecule has 0 aromatic rings. The molecular weight excluding hydrogens is 365 g/mol. The van der Waals surface area contributed by atoms with Gasteiger partial charge in [-0.1, -0.05) is 0 Å². The highest BCUT2D eigenvalue weighted by Gasteiger charge is 2.63. The average molecular weight is 386 g/mol. The van der Waals surface area contributed by atoms with E-state index in [1.807, 2.05) is 0 Å². The number of carbonyl (C=O) groups excluding carboxylic acids is 1. The second kappa shape index (κ2) is 5.56. The zero-order valence-corrected chi connectivity index (χ0v) is 14.4. The Balaban J connectivity index is 1.77. The van der Waals surface area contributed by atoms with E-state index in [1.165, 1.54) is 0 Å². The number of hydrogen-bond donors (Lipinski definition) is 2. The summed E-state index contributed by atoms with van der Waals surface area (Å²) >= 11 is 0. The van der Waals surface area contributed by atoms with Crippen molar-refractivity contribution in [3.8, 4) is 0 Å². The highest BCUT2D eigenvalue weighted by Crippen LogP contribution is 2.60. The van der Waals surface area contributed by atoms with Crippen LogP contribution >= 0.6 is 0 Å². The predicted molar refractivity (Wildman–Crippen MR) is 79.0 cm³/mol. The first kappa shape index (κ1) is 18.9. The Labute approximate surface area is 143 Å². The van der Waals surface area contributed by atoms with Gasteiger partial charge in [0.15, 0.2) is 0 Å². The molecule has 3 atom stereocenters. The summed E-state index contributed by atoms with van der Waals surface area (Å²) in [7, 11) is -5.52. The molecule has 4 bridgehead atoms. The standard InChI is InChI=1S/C15H21F3O6S/c1-13(15(16,17)18,25(21,22)23)7-24-12(20)14-4-8-2-9(5-14)11(19)10(3-8)6-14/h8-11,19H,2-7H2,1H3,(H,21,22,23). The molecule has 25 heavy (non-hydrogen) atoms. The Hall–Kier alpha value is -0.870. The SMILES string of the molecule is CC(COC(=O)C12CC3CC(C1)C(O)C(C3)C2)(C(F)(F)F)S(=O)(=O)O. The van der Waals surface area contributed by atoms with E-state index in [-0.39, 0.29) is 17.8 Å². The minimum absolute atomic E-state index is 0.0747. The van der Waals surface area contributed by atoms with Crippen LogP contribution in [0, 0.1) is 23.2 Å². The van der Waals surface area contributed by atoms with Crippen LogP contribution in [0.3, 0.4) is 0 Å². The Morgan fingerprint density at radius 3 is 2.16 bits per heavy atom. The van der Waals surface area contributed by atoms with Gasteiger partial charge in [-0.15, -0.1) is 0 Å². The Bertz CT molecular complexity index is 659. The smallest absolute Gasteiger partial charge is 0.413 e. The molecule has 0 radical (unpaired) electrons. The minimum atomic E-state index is -5.52. The van der Waals surface area contributed by atoms with Crippen molar-refractivity contribution in [2.75, 3.05) is 6.61 Å². The molecule has 4 saturated carbocycles. The van der Waals surface area contributed by atoms with E-state index in [2.05, 4.69) is 0 Å². The van der Waals surface area contributed by atoms with E-state index in [0.29, 0.717) is 26.2 Å². The van der Waals surface area contributed by atoms with E-state index in [1.54, 1.807) is 0 Å². The van der Waals surface area contributed by atoms with Gasteiger partial charge in [-0.05, 0) is 56.8 Å². The number of aliphatic hydroxyl groups excluding tert-OH is 1.